The molecule has 1 N–H and O–H groups in total. The van der Waals surface area contributed by atoms with Crippen LogP contribution in [0, 0.1) is 6.92 Å². The number of carbonyl (C=O) groups is 1. The van der Waals surface area contributed by atoms with E-state index in [2.05, 4.69) is 25.8 Å². The predicted molar refractivity (Wildman–Crippen MR) is 113 cm³/mol. The number of carbonyl (C=O) groups excluding carboxylic acids is 1. The molecule has 0 aliphatic heterocycles. The van der Waals surface area contributed by atoms with E-state index in [0.29, 0.717) is 21.6 Å². The van der Waals surface area contributed by atoms with Crippen molar-refractivity contribution in [2.24, 2.45) is 0 Å². The van der Waals surface area contributed by atoms with Gasteiger partial charge in [0, 0.05) is 22.7 Å². The molecule has 0 spiro atoms. The molecule has 1 aromatic carbocycles. The second-order valence-electron chi connectivity index (χ2n) is 7.97. The summed E-state index contributed by atoms with van der Waals surface area (Å²) in [7, 11) is 0. The van der Waals surface area contributed by atoms with Crippen LogP contribution in [-0.4, -0.2) is 10.8 Å². The number of benzene rings is 1. The minimum absolute atomic E-state index is 0.0507. The number of furan rings is 1. The van der Waals surface area contributed by atoms with Crippen LogP contribution in [0.3, 0.4) is 0 Å². The van der Waals surface area contributed by atoms with E-state index in [4.69, 9.17) is 4.42 Å². The van der Waals surface area contributed by atoms with Crippen molar-refractivity contribution in [2.75, 3.05) is 0 Å². The first-order valence-electron chi connectivity index (χ1n) is 9.10. The maximum atomic E-state index is 13.2. The fourth-order valence-corrected chi connectivity index (χ4v) is 4.28. The number of thiophene rings is 1. The van der Waals surface area contributed by atoms with Crippen molar-refractivity contribution in [2.45, 2.75) is 33.1 Å². The Balaban J connectivity index is 2.01. The summed E-state index contributed by atoms with van der Waals surface area (Å²) in [5.74, 6) is -0.0507. The van der Waals surface area contributed by atoms with Gasteiger partial charge in [-0.1, -0.05) is 20.8 Å². The van der Waals surface area contributed by atoms with Gasteiger partial charge in [0.1, 0.15) is 11.8 Å². The monoisotopic (exact) mass is 391 g/mol. The van der Waals surface area contributed by atoms with Crippen LogP contribution < -0.4 is 5.56 Å². The number of rotatable bonds is 3. The van der Waals surface area contributed by atoms with Gasteiger partial charge in [-0.2, -0.15) is 0 Å². The van der Waals surface area contributed by atoms with E-state index >= 15 is 0 Å². The summed E-state index contributed by atoms with van der Waals surface area (Å²) in [6.45, 7) is 8.21. The average molecular weight is 391 g/mol. The van der Waals surface area contributed by atoms with Crippen molar-refractivity contribution in [3.8, 4) is 11.1 Å². The molecule has 0 radical (unpaired) electrons. The summed E-state index contributed by atoms with van der Waals surface area (Å²) in [5, 5.41) is 2.66. The molecular formula is C23H21NO3S. The smallest absolute Gasteiger partial charge is 0.255 e. The molecule has 142 valence electrons. The Labute approximate surface area is 166 Å². The van der Waals surface area contributed by atoms with Gasteiger partial charge >= 0.3 is 0 Å². The molecule has 3 aromatic heterocycles. The van der Waals surface area contributed by atoms with Crippen LogP contribution in [-0.2, 0) is 5.41 Å². The quantitative estimate of drug-likeness (QED) is 0.457. The molecule has 4 rings (SSSR count). The van der Waals surface area contributed by atoms with Crippen molar-refractivity contribution in [1.29, 1.82) is 0 Å². The highest BCUT2D eigenvalue weighted by molar-refractivity contribution is 7.12. The SMILES string of the molecule is Cc1ccsc1C(=O)c1coc2c(C(C)(C)C)cc(-c3ccc[nH]c3=O)cc12. The zero-order chi connectivity index (χ0) is 20.1. The first-order chi connectivity index (χ1) is 13.3. The number of H-pyrrole nitrogens is 1. The van der Waals surface area contributed by atoms with Gasteiger partial charge in [0.25, 0.3) is 5.56 Å². The van der Waals surface area contributed by atoms with Crippen LogP contribution in [0.25, 0.3) is 22.1 Å². The second kappa shape index (κ2) is 6.60. The summed E-state index contributed by atoms with van der Waals surface area (Å²) in [6.07, 6.45) is 3.15. The van der Waals surface area contributed by atoms with E-state index < -0.39 is 0 Å². The third-order valence-electron chi connectivity index (χ3n) is 4.92. The van der Waals surface area contributed by atoms with Gasteiger partial charge in [0.2, 0.25) is 5.78 Å². The Morgan fingerprint density at radius 3 is 2.61 bits per heavy atom. The van der Waals surface area contributed by atoms with Crippen LogP contribution in [0.1, 0.15) is 47.1 Å². The lowest BCUT2D eigenvalue weighted by atomic mass is 9.83. The fraction of sp³-hybridized carbons (Fsp3) is 0.217. The topological polar surface area (TPSA) is 63.1 Å². The Hall–Kier alpha value is -2.92. The van der Waals surface area contributed by atoms with E-state index in [-0.39, 0.29) is 16.8 Å². The first kappa shape index (κ1) is 18.4. The average Bonchev–Trinajstić information content (AvgIpc) is 3.26. The number of ketones is 1. The van der Waals surface area contributed by atoms with E-state index in [1.165, 1.54) is 11.3 Å². The van der Waals surface area contributed by atoms with Gasteiger partial charge in [-0.25, -0.2) is 0 Å². The Bertz CT molecular complexity index is 1250. The lowest BCUT2D eigenvalue weighted by Crippen LogP contribution is -2.13. The molecule has 4 nitrogen and oxygen atoms in total. The number of fused-ring (bicyclic) bond motifs is 1. The first-order valence-corrected chi connectivity index (χ1v) is 9.98. The molecule has 0 aliphatic carbocycles. The summed E-state index contributed by atoms with van der Waals surface area (Å²) in [5.41, 5.74) is 4.11. The zero-order valence-electron chi connectivity index (χ0n) is 16.3. The summed E-state index contributed by atoms with van der Waals surface area (Å²) in [6, 6.07) is 9.40. The van der Waals surface area contributed by atoms with Gasteiger partial charge in [0.15, 0.2) is 0 Å². The van der Waals surface area contributed by atoms with Crippen molar-refractivity contribution >= 4 is 28.1 Å². The molecule has 0 aliphatic rings. The highest BCUT2D eigenvalue weighted by Crippen LogP contribution is 2.37. The van der Waals surface area contributed by atoms with Gasteiger partial charge in [-0.15, -0.1) is 11.3 Å². The minimum atomic E-state index is -0.215. The van der Waals surface area contributed by atoms with Crippen molar-refractivity contribution in [3.05, 3.63) is 80.1 Å². The molecule has 0 amide bonds. The van der Waals surface area contributed by atoms with E-state index in [0.717, 1.165) is 22.1 Å². The number of pyridine rings is 1. The van der Waals surface area contributed by atoms with Crippen LogP contribution in [0.2, 0.25) is 0 Å². The van der Waals surface area contributed by atoms with Crippen molar-refractivity contribution in [1.82, 2.24) is 4.98 Å². The summed E-state index contributed by atoms with van der Waals surface area (Å²) in [4.78, 5) is 29.0. The molecule has 0 saturated heterocycles. The molecule has 3 heterocycles. The lowest BCUT2D eigenvalue weighted by Gasteiger charge is -2.20. The molecule has 5 heteroatoms. The van der Waals surface area contributed by atoms with Crippen molar-refractivity contribution < 1.29 is 9.21 Å². The van der Waals surface area contributed by atoms with Gasteiger partial charge in [-0.3, -0.25) is 9.59 Å². The van der Waals surface area contributed by atoms with Gasteiger partial charge in [-0.05, 0) is 59.2 Å². The number of nitrogens with one attached hydrogen (secondary N) is 1. The highest BCUT2D eigenvalue weighted by Gasteiger charge is 2.25. The molecular weight excluding hydrogens is 370 g/mol. The van der Waals surface area contributed by atoms with Crippen molar-refractivity contribution in [3.63, 3.8) is 0 Å². The number of aromatic nitrogens is 1. The maximum Gasteiger partial charge on any atom is 0.255 e. The summed E-state index contributed by atoms with van der Waals surface area (Å²) < 4.78 is 5.88. The van der Waals surface area contributed by atoms with Gasteiger partial charge < -0.3 is 9.40 Å². The van der Waals surface area contributed by atoms with E-state index in [1.807, 2.05) is 30.5 Å². The second-order valence-corrected chi connectivity index (χ2v) is 8.89. The van der Waals surface area contributed by atoms with Crippen LogP contribution in [0.5, 0.6) is 0 Å². The standard InChI is InChI=1S/C23H21NO3S/c1-13-7-9-28-21(13)19(25)17-12-27-20-16(17)10-14(11-18(20)23(2,3)4)15-6-5-8-24-22(15)26/h5-12H,1-4H3,(H,24,26). The molecule has 0 atom stereocenters. The zero-order valence-corrected chi connectivity index (χ0v) is 17.1. The number of aromatic amines is 1. The Kier molecular flexibility index (Phi) is 4.35. The van der Waals surface area contributed by atoms with E-state index in [1.54, 1.807) is 24.6 Å². The van der Waals surface area contributed by atoms with Crippen LogP contribution in [0.4, 0.5) is 0 Å². The highest BCUT2D eigenvalue weighted by atomic mass is 32.1. The lowest BCUT2D eigenvalue weighted by molar-refractivity contribution is 0.104. The molecule has 0 saturated carbocycles. The van der Waals surface area contributed by atoms with Crippen LogP contribution in [0.15, 0.2) is 57.4 Å². The third-order valence-corrected chi connectivity index (χ3v) is 5.94. The molecule has 0 bridgehead atoms. The normalized spacial score (nSPS) is 11.9. The largest absolute Gasteiger partial charge is 0.463 e. The van der Waals surface area contributed by atoms with Crippen LogP contribution >= 0.6 is 11.3 Å². The molecule has 28 heavy (non-hydrogen) atoms. The summed E-state index contributed by atoms with van der Waals surface area (Å²) >= 11 is 1.43. The molecule has 0 unspecified atom stereocenters. The van der Waals surface area contributed by atoms with Gasteiger partial charge in [0.05, 0.1) is 10.4 Å². The number of hydrogen-bond acceptors (Lipinski definition) is 4. The molecule has 4 aromatic rings. The maximum absolute atomic E-state index is 13.2. The minimum Gasteiger partial charge on any atom is -0.463 e. The Morgan fingerprint density at radius 2 is 1.96 bits per heavy atom. The fourth-order valence-electron chi connectivity index (χ4n) is 3.40. The Morgan fingerprint density at radius 1 is 1.18 bits per heavy atom. The third kappa shape index (κ3) is 3.02. The number of aryl methyl sites for hydroxylation is 1. The number of hydrogen-bond donors (Lipinski definition) is 1. The van der Waals surface area contributed by atoms with E-state index in [9.17, 15) is 9.59 Å². The molecule has 0 fully saturated rings. The predicted octanol–water partition coefficient (Wildman–Crippen LogP) is 5.69.